The minimum Gasteiger partial charge on any atom is -0.493 e. The standard InChI is InChI=1S/C17H21NO3/c1-4-18(2)10-11-5-8-14(20-3)17-16(11)13-7-6-12(19)9-15(13)21-17/h5-8,13,15H,4,9-10H2,1-3H3. The third-order valence-corrected chi connectivity index (χ3v) is 4.35. The molecule has 1 heterocycles. The molecule has 1 aliphatic carbocycles. The molecule has 2 atom stereocenters. The topological polar surface area (TPSA) is 38.8 Å². The summed E-state index contributed by atoms with van der Waals surface area (Å²) in [5.74, 6) is 1.86. The van der Waals surface area contributed by atoms with E-state index in [0.717, 1.165) is 24.6 Å². The Bertz CT molecular complexity index is 594. The van der Waals surface area contributed by atoms with E-state index in [1.54, 1.807) is 13.2 Å². The van der Waals surface area contributed by atoms with Crippen molar-refractivity contribution in [2.24, 2.45) is 0 Å². The second kappa shape index (κ2) is 5.53. The van der Waals surface area contributed by atoms with Gasteiger partial charge in [-0.15, -0.1) is 0 Å². The van der Waals surface area contributed by atoms with Gasteiger partial charge in [0.25, 0.3) is 0 Å². The Labute approximate surface area is 125 Å². The number of nitrogens with zero attached hydrogens (tertiary/aromatic N) is 1. The molecule has 0 fully saturated rings. The van der Waals surface area contributed by atoms with Gasteiger partial charge in [0.15, 0.2) is 17.3 Å². The molecular formula is C17H21NO3. The first-order chi connectivity index (χ1) is 10.1. The number of hydrogen-bond acceptors (Lipinski definition) is 4. The van der Waals surface area contributed by atoms with E-state index in [2.05, 4.69) is 24.9 Å². The molecule has 0 saturated carbocycles. The largest absolute Gasteiger partial charge is 0.493 e. The van der Waals surface area contributed by atoms with Gasteiger partial charge in [-0.1, -0.05) is 19.1 Å². The van der Waals surface area contributed by atoms with Gasteiger partial charge in [-0.3, -0.25) is 4.79 Å². The highest BCUT2D eigenvalue weighted by Crippen LogP contribution is 2.49. The van der Waals surface area contributed by atoms with E-state index in [1.165, 1.54) is 11.1 Å². The number of hydrogen-bond donors (Lipinski definition) is 0. The summed E-state index contributed by atoms with van der Waals surface area (Å²) < 4.78 is 11.5. The quantitative estimate of drug-likeness (QED) is 0.853. The molecule has 4 nitrogen and oxygen atoms in total. The van der Waals surface area contributed by atoms with Crippen LogP contribution in [-0.2, 0) is 11.3 Å². The second-order valence-electron chi connectivity index (χ2n) is 5.71. The van der Waals surface area contributed by atoms with Gasteiger partial charge in [-0.05, 0) is 31.3 Å². The van der Waals surface area contributed by atoms with Gasteiger partial charge < -0.3 is 14.4 Å². The maximum Gasteiger partial charge on any atom is 0.165 e. The molecule has 0 aromatic heterocycles. The summed E-state index contributed by atoms with van der Waals surface area (Å²) >= 11 is 0. The Hall–Kier alpha value is -1.81. The number of fused-ring (bicyclic) bond motifs is 3. The van der Waals surface area contributed by atoms with Crippen LogP contribution in [0.4, 0.5) is 0 Å². The van der Waals surface area contributed by atoms with Gasteiger partial charge in [0.1, 0.15) is 6.10 Å². The maximum absolute atomic E-state index is 11.6. The molecule has 1 aliphatic heterocycles. The fourth-order valence-corrected chi connectivity index (χ4v) is 3.09. The molecule has 0 spiro atoms. The summed E-state index contributed by atoms with van der Waals surface area (Å²) in [5, 5.41) is 0. The Morgan fingerprint density at radius 1 is 1.43 bits per heavy atom. The summed E-state index contributed by atoms with van der Waals surface area (Å²) in [5.41, 5.74) is 2.44. The van der Waals surface area contributed by atoms with E-state index in [-0.39, 0.29) is 17.8 Å². The molecule has 1 aromatic carbocycles. The summed E-state index contributed by atoms with van der Waals surface area (Å²) in [7, 11) is 3.75. The highest BCUT2D eigenvalue weighted by Gasteiger charge is 2.39. The molecule has 112 valence electrons. The number of ether oxygens (including phenoxy) is 2. The molecule has 3 rings (SSSR count). The van der Waals surface area contributed by atoms with Crippen molar-refractivity contribution in [3.05, 3.63) is 35.4 Å². The zero-order chi connectivity index (χ0) is 15.0. The summed E-state index contributed by atoms with van der Waals surface area (Å²) in [6, 6.07) is 4.07. The van der Waals surface area contributed by atoms with Crippen molar-refractivity contribution in [1.82, 2.24) is 4.90 Å². The van der Waals surface area contributed by atoms with E-state index in [1.807, 2.05) is 12.1 Å². The van der Waals surface area contributed by atoms with Crippen LogP contribution in [0.3, 0.4) is 0 Å². The minimum absolute atomic E-state index is 0.0838. The van der Waals surface area contributed by atoms with E-state index in [0.29, 0.717) is 6.42 Å². The number of methoxy groups -OCH3 is 1. The average Bonchev–Trinajstić information content (AvgIpc) is 2.86. The number of ketones is 1. The normalized spacial score (nSPS) is 23.0. The Balaban J connectivity index is 2.04. The van der Waals surface area contributed by atoms with Crippen LogP contribution >= 0.6 is 0 Å². The number of allylic oxidation sites excluding steroid dienone is 1. The summed E-state index contributed by atoms with van der Waals surface area (Å²) in [6.07, 6.45) is 4.03. The van der Waals surface area contributed by atoms with Crippen LogP contribution in [0.1, 0.15) is 30.4 Å². The Kier molecular flexibility index (Phi) is 3.72. The molecule has 0 amide bonds. The van der Waals surface area contributed by atoms with Crippen LogP contribution in [-0.4, -0.2) is 37.5 Å². The molecule has 0 bridgehead atoms. The minimum atomic E-state index is -0.0838. The van der Waals surface area contributed by atoms with Crippen molar-refractivity contribution in [2.45, 2.75) is 31.9 Å². The number of rotatable bonds is 4. The third-order valence-electron chi connectivity index (χ3n) is 4.35. The van der Waals surface area contributed by atoms with Crippen LogP contribution in [0.25, 0.3) is 0 Å². The van der Waals surface area contributed by atoms with Crippen LogP contribution < -0.4 is 9.47 Å². The predicted octanol–water partition coefficient (Wildman–Crippen LogP) is 2.52. The van der Waals surface area contributed by atoms with Crippen molar-refractivity contribution >= 4 is 5.78 Å². The summed E-state index contributed by atoms with van der Waals surface area (Å²) in [4.78, 5) is 13.9. The third kappa shape index (κ3) is 2.44. The predicted molar refractivity (Wildman–Crippen MR) is 80.9 cm³/mol. The first kappa shape index (κ1) is 14.1. The molecule has 0 saturated heterocycles. The monoisotopic (exact) mass is 287 g/mol. The second-order valence-corrected chi connectivity index (χ2v) is 5.71. The average molecular weight is 287 g/mol. The zero-order valence-electron chi connectivity index (χ0n) is 12.8. The van der Waals surface area contributed by atoms with Gasteiger partial charge in [-0.2, -0.15) is 0 Å². The van der Waals surface area contributed by atoms with E-state index in [9.17, 15) is 4.79 Å². The Morgan fingerprint density at radius 3 is 2.95 bits per heavy atom. The van der Waals surface area contributed by atoms with Gasteiger partial charge in [0.05, 0.1) is 7.11 Å². The lowest BCUT2D eigenvalue weighted by Crippen LogP contribution is -2.25. The highest BCUT2D eigenvalue weighted by atomic mass is 16.5. The molecule has 4 heteroatoms. The zero-order valence-corrected chi connectivity index (χ0v) is 12.8. The molecule has 0 radical (unpaired) electrons. The lowest BCUT2D eigenvalue weighted by Gasteiger charge is -2.21. The van der Waals surface area contributed by atoms with Gasteiger partial charge >= 0.3 is 0 Å². The molecular weight excluding hydrogens is 266 g/mol. The number of carbonyl (C=O) groups excluding carboxylic acids is 1. The van der Waals surface area contributed by atoms with Crippen molar-refractivity contribution < 1.29 is 14.3 Å². The molecule has 2 unspecified atom stereocenters. The van der Waals surface area contributed by atoms with Crippen molar-refractivity contribution in [1.29, 1.82) is 0 Å². The van der Waals surface area contributed by atoms with Crippen LogP contribution in [0.15, 0.2) is 24.3 Å². The maximum atomic E-state index is 11.6. The first-order valence-corrected chi connectivity index (χ1v) is 7.40. The van der Waals surface area contributed by atoms with Crippen molar-refractivity contribution in [3.63, 3.8) is 0 Å². The fourth-order valence-electron chi connectivity index (χ4n) is 3.09. The van der Waals surface area contributed by atoms with Gasteiger partial charge in [0.2, 0.25) is 0 Å². The molecule has 1 aromatic rings. The Morgan fingerprint density at radius 2 is 2.24 bits per heavy atom. The van der Waals surface area contributed by atoms with E-state index < -0.39 is 0 Å². The number of carbonyl (C=O) groups is 1. The van der Waals surface area contributed by atoms with Crippen molar-refractivity contribution in [2.75, 3.05) is 20.7 Å². The lowest BCUT2D eigenvalue weighted by molar-refractivity contribution is -0.116. The molecule has 21 heavy (non-hydrogen) atoms. The first-order valence-electron chi connectivity index (χ1n) is 7.40. The van der Waals surface area contributed by atoms with Crippen molar-refractivity contribution in [3.8, 4) is 11.5 Å². The van der Waals surface area contributed by atoms with Crippen LogP contribution in [0.2, 0.25) is 0 Å². The number of benzene rings is 1. The van der Waals surface area contributed by atoms with Gasteiger partial charge in [-0.25, -0.2) is 0 Å². The fraction of sp³-hybridized carbons (Fsp3) is 0.471. The summed E-state index contributed by atoms with van der Waals surface area (Å²) in [6.45, 7) is 4.00. The molecule has 0 N–H and O–H groups in total. The van der Waals surface area contributed by atoms with E-state index >= 15 is 0 Å². The highest BCUT2D eigenvalue weighted by molar-refractivity contribution is 5.91. The smallest absolute Gasteiger partial charge is 0.165 e. The molecule has 2 aliphatic rings. The lowest BCUT2D eigenvalue weighted by atomic mass is 9.85. The van der Waals surface area contributed by atoms with Crippen LogP contribution in [0.5, 0.6) is 11.5 Å². The van der Waals surface area contributed by atoms with Crippen LogP contribution in [0, 0.1) is 0 Å². The SMILES string of the molecule is CCN(C)Cc1ccc(OC)c2c1C1C=CC(=O)CC1O2. The van der Waals surface area contributed by atoms with Gasteiger partial charge in [0, 0.05) is 24.4 Å². The van der Waals surface area contributed by atoms with E-state index in [4.69, 9.17) is 9.47 Å².